The van der Waals surface area contributed by atoms with E-state index >= 15 is 0 Å². The minimum atomic E-state index is -1.51. The van der Waals surface area contributed by atoms with Crippen LogP contribution in [0.3, 0.4) is 0 Å². The molecule has 0 saturated carbocycles. The molecule has 3 unspecified atom stereocenters. The number of carboxylic acid groups (broad SMARTS) is 2. The molecule has 0 radical (unpaired) electrons. The Kier molecular flexibility index (Phi) is 11.7. The van der Waals surface area contributed by atoms with Crippen LogP contribution >= 0.6 is 21.6 Å². The van der Waals surface area contributed by atoms with Gasteiger partial charge in [0.2, 0.25) is 5.91 Å². The van der Waals surface area contributed by atoms with Crippen LogP contribution in [-0.4, -0.2) is 51.3 Å². The van der Waals surface area contributed by atoms with Crippen molar-refractivity contribution in [2.75, 3.05) is 6.54 Å². The van der Waals surface area contributed by atoms with Gasteiger partial charge in [0.15, 0.2) is 0 Å². The average molecular weight is 561 g/mol. The number of hydrogen-bond donors (Lipinski definition) is 4. The molecule has 0 aliphatic heterocycles. The lowest BCUT2D eigenvalue weighted by Crippen LogP contribution is -2.49. The molecule has 8 nitrogen and oxygen atoms in total. The molecule has 0 aliphatic rings. The number of hydrogen-bond acceptors (Lipinski definition) is 6. The van der Waals surface area contributed by atoms with Gasteiger partial charge in [-0.15, -0.1) is 0 Å². The topological polar surface area (TPSA) is 133 Å². The van der Waals surface area contributed by atoms with Crippen LogP contribution in [0.25, 0.3) is 0 Å². The van der Waals surface area contributed by atoms with Crippen LogP contribution in [0, 0.1) is 25.7 Å². The molecule has 0 heterocycles. The smallest absolute Gasteiger partial charge is 0.326 e. The first-order chi connectivity index (χ1) is 17.8. The first kappa shape index (κ1) is 31.2. The van der Waals surface area contributed by atoms with Gasteiger partial charge < -0.3 is 20.8 Å². The molecule has 0 spiro atoms. The van der Waals surface area contributed by atoms with Crippen molar-refractivity contribution in [2.24, 2.45) is 11.8 Å². The standard InChI is InChI=1S/C28H36N2O6S2/c1-17(2)14-22(27(35)36)30-25(32)21(26(33)34)15-28(5,38-37-23-13-9-7-11-19(23)4)16-29-24(31)20-12-8-6-10-18(20)3/h6-13,17,21-22H,14-16H2,1-5H3,(H,29,31)(H,30,32)(H,33,34)(H,35,36). The van der Waals surface area contributed by atoms with Gasteiger partial charge in [0.25, 0.3) is 5.91 Å². The number of carbonyl (C=O) groups excluding carboxylic acids is 2. The maximum atomic E-state index is 13.0. The van der Waals surface area contributed by atoms with E-state index in [2.05, 4.69) is 10.6 Å². The Morgan fingerprint density at radius 2 is 1.53 bits per heavy atom. The van der Waals surface area contributed by atoms with Gasteiger partial charge in [-0.3, -0.25) is 14.4 Å². The van der Waals surface area contributed by atoms with Crippen molar-refractivity contribution in [3.63, 3.8) is 0 Å². The second-order valence-electron chi connectivity index (χ2n) is 10.0. The first-order valence-electron chi connectivity index (χ1n) is 12.3. The van der Waals surface area contributed by atoms with Crippen molar-refractivity contribution >= 4 is 45.3 Å². The Morgan fingerprint density at radius 1 is 0.921 bits per heavy atom. The molecule has 2 aromatic rings. The molecule has 10 heteroatoms. The number of rotatable bonds is 14. The molecule has 0 bridgehead atoms. The SMILES string of the molecule is Cc1ccccc1SSC(C)(CNC(=O)c1ccccc1C)CC(C(=O)O)C(=O)NC(CC(C)C)C(=O)O. The van der Waals surface area contributed by atoms with E-state index in [0.717, 1.165) is 16.0 Å². The highest BCUT2D eigenvalue weighted by molar-refractivity contribution is 8.77. The van der Waals surface area contributed by atoms with E-state index in [0.29, 0.717) is 5.56 Å². The van der Waals surface area contributed by atoms with Gasteiger partial charge in [-0.25, -0.2) is 4.79 Å². The summed E-state index contributed by atoms with van der Waals surface area (Å²) < 4.78 is -0.886. The minimum absolute atomic E-state index is 0.0114. The zero-order valence-corrected chi connectivity index (χ0v) is 23.9. The Morgan fingerprint density at radius 3 is 2.08 bits per heavy atom. The van der Waals surface area contributed by atoms with Crippen LogP contribution in [0.5, 0.6) is 0 Å². The van der Waals surface area contributed by atoms with Gasteiger partial charge in [-0.1, -0.05) is 71.8 Å². The van der Waals surface area contributed by atoms with Gasteiger partial charge in [0.1, 0.15) is 12.0 Å². The van der Waals surface area contributed by atoms with E-state index in [-0.39, 0.29) is 31.2 Å². The molecule has 2 rings (SSSR count). The van der Waals surface area contributed by atoms with Gasteiger partial charge in [0.05, 0.1) is 0 Å². The van der Waals surface area contributed by atoms with Crippen molar-refractivity contribution in [3.05, 3.63) is 65.2 Å². The van der Waals surface area contributed by atoms with E-state index < -0.39 is 34.6 Å². The fourth-order valence-electron chi connectivity index (χ4n) is 3.81. The van der Waals surface area contributed by atoms with Crippen molar-refractivity contribution in [2.45, 2.75) is 63.1 Å². The maximum Gasteiger partial charge on any atom is 0.326 e. The average Bonchev–Trinajstić information content (AvgIpc) is 2.85. The quantitative estimate of drug-likeness (QED) is 0.189. The molecule has 0 aliphatic carbocycles. The van der Waals surface area contributed by atoms with Crippen molar-refractivity contribution in [1.82, 2.24) is 10.6 Å². The summed E-state index contributed by atoms with van der Waals surface area (Å²) in [7, 11) is 2.82. The number of benzene rings is 2. The fraction of sp³-hybridized carbons (Fsp3) is 0.429. The second-order valence-corrected chi connectivity index (χ2v) is 12.8. The fourth-order valence-corrected chi connectivity index (χ4v) is 6.62. The molecule has 38 heavy (non-hydrogen) atoms. The molecular formula is C28H36N2O6S2. The van der Waals surface area contributed by atoms with Gasteiger partial charge in [-0.05, 0) is 62.8 Å². The highest BCUT2D eigenvalue weighted by Crippen LogP contribution is 2.45. The number of carboxylic acids is 2. The molecular weight excluding hydrogens is 524 g/mol. The molecule has 0 aromatic heterocycles. The van der Waals surface area contributed by atoms with Crippen molar-refractivity contribution < 1.29 is 29.4 Å². The first-order valence-corrected chi connectivity index (χ1v) is 14.5. The molecule has 2 aromatic carbocycles. The second kappa shape index (κ2) is 14.2. The molecule has 0 saturated heterocycles. The molecule has 3 atom stereocenters. The lowest BCUT2D eigenvalue weighted by Gasteiger charge is -2.31. The summed E-state index contributed by atoms with van der Waals surface area (Å²) in [6.07, 6.45) is 0.0504. The predicted molar refractivity (Wildman–Crippen MR) is 151 cm³/mol. The normalized spacial score (nSPS) is 14.3. The summed E-state index contributed by atoms with van der Waals surface area (Å²) in [4.78, 5) is 50.8. The molecule has 4 N–H and O–H groups in total. The third-order valence-corrected chi connectivity index (χ3v) is 9.44. The third-order valence-electron chi connectivity index (χ3n) is 6.01. The zero-order valence-electron chi connectivity index (χ0n) is 22.3. The summed E-state index contributed by atoms with van der Waals surface area (Å²) in [5.41, 5.74) is 2.36. The van der Waals surface area contributed by atoms with Crippen LogP contribution in [0.4, 0.5) is 0 Å². The van der Waals surface area contributed by atoms with Crippen molar-refractivity contribution in [3.8, 4) is 0 Å². The van der Waals surface area contributed by atoms with Gasteiger partial charge >= 0.3 is 11.9 Å². The zero-order chi connectivity index (χ0) is 28.5. The van der Waals surface area contributed by atoms with Crippen molar-refractivity contribution in [1.29, 1.82) is 0 Å². The number of aryl methyl sites for hydroxylation is 2. The molecule has 2 amide bonds. The van der Waals surface area contributed by atoms with Crippen LogP contribution in [0.15, 0.2) is 53.4 Å². The summed E-state index contributed by atoms with van der Waals surface area (Å²) in [6, 6.07) is 13.7. The lowest BCUT2D eigenvalue weighted by atomic mass is 9.93. The predicted octanol–water partition coefficient (Wildman–Crippen LogP) is 4.94. The number of nitrogens with one attached hydrogen (secondary N) is 2. The summed E-state index contributed by atoms with van der Waals surface area (Å²) in [5, 5.41) is 24.8. The minimum Gasteiger partial charge on any atom is -0.481 e. The monoisotopic (exact) mass is 560 g/mol. The van der Waals surface area contributed by atoms with Crippen LogP contribution in [0.1, 0.15) is 55.1 Å². The molecule has 0 fully saturated rings. The maximum absolute atomic E-state index is 13.0. The summed E-state index contributed by atoms with van der Waals surface area (Å²) in [6.45, 7) is 9.34. The van der Waals surface area contributed by atoms with E-state index in [9.17, 15) is 29.4 Å². The van der Waals surface area contributed by atoms with Gasteiger partial charge in [-0.2, -0.15) is 0 Å². The highest BCUT2D eigenvalue weighted by atomic mass is 33.1. The number of amides is 2. The van der Waals surface area contributed by atoms with E-state index in [1.165, 1.54) is 21.6 Å². The van der Waals surface area contributed by atoms with Crippen LogP contribution in [-0.2, 0) is 14.4 Å². The molecule has 206 valence electrons. The Labute approximate surface area is 231 Å². The lowest BCUT2D eigenvalue weighted by molar-refractivity contribution is -0.150. The highest BCUT2D eigenvalue weighted by Gasteiger charge is 2.39. The summed E-state index contributed by atoms with van der Waals surface area (Å²) >= 11 is 0. The van der Waals surface area contributed by atoms with E-state index in [1.54, 1.807) is 19.1 Å². The van der Waals surface area contributed by atoms with E-state index in [4.69, 9.17) is 0 Å². The Balaban J connectivity index is 2.28. The van der Waals surface area contributed by atoms with E-state index in [1.807, 2.05) is 64.1 Å². The number of aliphatic carboxylic acids is 2. The number of carbonyl (C=O) groups is 4. The third kappa shape index (κ3) is 9.40. The Bertz CT molecular complexity index is 1160. The van der Waals surface area contributed by atoms with Crippen LogP contribution in [0.2, 0.25) is 0 Å². The van der Waals surface area contributed by atoms with Crippen LogP contribution < -0.4 is 10.6 Å². The largest absolute Gasteiger partial charge is 0.481 e. The summed E-state index contributed by atoms with van der Waals surface area (Å²) in [5.74, 6) is -5.24. The Hall–Kier alpha value is -2.98. The van der Waals surface area contributed by atoms with Gasteiger partial charge in [0, 0.05) is 21.8 Å².